The van der Waals surface area contributed by atoms with Gasteiger partial charge < -0.3 is 14.6 Å². The third-order valence-electron chi connectivity index (χ3n) is 4.57. The lowest BCUT2D eigenvalue weighted by molar-refractivity contribution is 0.103. The van der Waals surface area contributed by atoms with Crippen molar-refractivity contribution in [1.82, 2.24) is 4.57 Å². The number of carbonyl (C=O) groups excluding carboxylic acids is 1. The molecule has 2 aromatic carbocycles. The molecule has 0 atom stereocenters. The Labute approximate surface area is 177 Å². The summed E-state index contributed by atoms with van der Waals surface area (Å²) in [6.07, 6.45) is 1.30. The Hall–Kier alpha value is -3.76. The standard InChI is InChI=1S/C22H17ClN2O5/c1-12-6-18(20(30-3)9-17(12)23)25-11-14(7-13(10-24)22(25)28)21(27)16-8-15(29-2)4-5-19(16)26/h4-9,11,26H,1-3H3. The Morgan fingerprint density at radius 3 is 2.53 bits per heavy atom. The number of pyridine rings is 1. The van der Waals surface area contributed by atoms with Crippen LogP contribution in [0.25, 0.3) is 5.69 Å². The Balaban J connectivity index is 2.26. The van der Waals surface area contributed by atoms with Crippen LogP contribution in [0.5, 0.6) is 17.2 Å². The van der Waals surface area contributed by atoms with Crippen LogP contribution in [0.1, 0.15) is 27.0 Å². The van der Waals surface area contributed by atoms with E-state index in [1.807, 2.05) is 6.07 Å². The molecule has 0 radical (unpaired) electrons. The molecule has 1 aromatic heterocycles. The number of rotatable bonds is 5. The molecule has 152 valence electrons. The molecule has 0 fully saturated rings. The van der Waals surface area contributed by atoms with Crippen molar-refractivity contribution in [1.29, 1.82) is 5.26 Å². The first kappa shape index (κ1) is 21.0. The van der Waals surface area contributed by atoms with Gasteiger partial charge >= 0.3 is 0 Å². The number of phenolic OH excluding ortho intramolecular Hbond substituents is 1. The number of ether oxygens (including phenoxy) is 2. The summed E-state index contributed by atoms with van der Waals surface area (Å²) in [5.74, 6) is -0.163. The average molecular weight is 425 g/mol. The molecule has 30 heavy (non-hydrogen) atoms. The maximum atomic E-state index is 13.1. The molecule has 0 bridgehead atoms. The summed E-state index contributed by atoms with van der Waals surface area (Å²) in [7, 11) is 2.85. The van der Waals surface area contributed by atoms with Crippen molar-refractivity contribution in [2.45, 2.75) is 6.92 Å². The summed E-state index contributed by atoms with van der Waals surface area (Å²) in [4.78, 5) is 25.9. The SMILES string of the molecule is COc1ccc(O)c(C(=O)c2cc(C#N)c(=O)n(-c3cc(C)c(Cl)cc3OC)c2)c1. The Morgan fingerprint density at radius 2 is 1.90 bits per heavy atom. The molecule has 1 N–H and O–H groups in total. The van der Waals surface area contributed by atoms with E-state index < -0.39 is 11.3 Å². The molecule has 0 aliphatic rings. The van der Waals surface area contributed by atoms with Gasteiger partial charge in [0, 0.05) is 22.8 Å². The third kappa shape index (κ3) is 3.73. The molecule has 8 heteroatoms. The van der Waals surface area contributed by atoms with Gasteiger partial charge in [0.15, 0.2) is 5.78 Å². The highest BCUT2D eigenvalue weighted by Gasteiger charge is 2.20. The fourth-order valence-corrected chi connectivity index (χ4v) is 3.10. The zero-order valence-corrected chi connectivity index (χ0v) is 17.1. The molecule has 0 unspecified atom stereocenters. The first-order chi connectivity index (χ1) is 14.3. The predicted molar refractivity (Wildman–Crippen MR) is 111 cm³/mol. The summed E-state index contributed by atoms with van der Waals surface area (Å²) in [6, 6.07) is 10.4. The second kappa shape index (κ2) is 8.31. The van der Waals surface area contributed by atoms with Crippen molar-refractivity contribution in [2.24, 2.45) is 0 Å². The van der Waals surface area contributed by atoms with Crippen LogP contribution in [0, 0.1) is 18.3 Å². The van der Waals surface area contributed by atoms with Crippen molar-refractivity contribution >= 4 is 17.4 Å². The lowest BCUT2D eigenvalue weighted by Gasteiger charge is -2.15. The minimum absolute atomic E-state index is 0.0253. The van der Waals surface area contributed by atoms with Gasteiger partial charge in [-0.25, -0.2) is 0 Å². The normalized spacial score (nSPS) is 10.4. The number of carbonyl (C=O) groups is 1. The zero-order chi connectivity index (χ0) is 22.0. The molecule has 0 saturated carbocycles. The molecule has 3 aromatic rings. The van der Waals surface area contributed by atoms with Crippen LogP contribution in [0.2, 0.25) is 5.02 Å². The molecule has 3 rings (SSSR count). The molecule has 0 aliphatic heterocycles. The molecular formula is C22H17ClN2O5. The number of methoxy groups -OCH3 is 2. The first-order valence-electron chi connectivity index (χ1n) is 8.73. The summed E-state index contributed by atoms with van der Waals surface area (Å²) < 4.78 is 11.6. The second-order valence-electron chi connectivity index (χ2n) is 6.41. The number of hydrogen-bond donors (Lipinski definition) is 1. The third-order valence-corrected chi connectivity index (χ3v) is 4.98. The first-order valence-corrected chi connectivity index (χ1v) is 9.11. The number of aryl methyl sites for hydroxylation is 1. The quantitative estimate of drug-likeness (QED) is 0.627. The molecule has 0 spiro atoms. The van der Waals surface area contributed by atoms with Crippen LogP contribution in [-0.4, -0.2) is 29.7 Å². The summed E-state index contributed by atoms with van der Waals surface area (Å²) in [5.41, 5.74) is 0.152. The Kier molecular flexibility index (Phi) is 5.81. The van der Waals surface area contributed by atoms with E-state index >= 15 is 0 Å². The fourth-order valence-electron chi connectivity index (χ4n) is 2.94. The van der Waals surface area contributed by atoms with Crippen LogP contribution in [0.15, 0.2) is 47.4 Å². The summed E-state index contributed by atoms with van der Waals surface area (Å²) in [5, 5.41) is 20.0. The van der Waals surface area contributed by atoms with Crippen molar-refractivity contribution in [2.75, 3.05) is 14.2 Å². The van der Waals surface area contributed by atoms with Crippen LogP contribution in [0.4, 0.5) is 0 Å². The number of benzene rings is 2. The van der Waals surface area contributed by atoms with E-state index in [0.717, 1.165) is 4.57 Å². The smallest absolute Gasteiger partial charge is 0.273 e. The minimum atomic E-state index is -0.621. The van der Waals surface area contributed by atoms with E-state index in [2.05, 4.69) is 0 Å². The van der Waals surface area contributed by atoms with Gasteiger partial charge in [-0.2, -0.15) is 5.26 Å². The topological polar surface area (TPSA) is 102 Å². The summed E-state index contributed by atoms with van der Waals surface area (Å²) in [6.45, 7) is 1.75. The Morgan fingerprint density at radius 1 is 1.17 bits per heavy atom. The number of nitriles is 1. The van der Waals surface area contributed by atoms with Gasteiger partial charge in [0.05, 0.1) is 25.5 Å². The number of hydrogen-bond acceptors (Lipinski definition) is 6. The van der Waals surface area contributed by atoms with E-state index in [4.69, 9.17) is 21.1 Å². The van der Waals surface area contributed by atoms with Gasteiger partial charge in [0.1, 0.15) is 28.9 Å². The predicted octanol–water partition coefficient (Wildman–Crippen LogP) is 3.62. The van der Waals surface area contributed by atoms with E-state index in [1.54, 1.807) is 19.1 Å². The van der Waals surface area contributed by atoms with Crippen molar-refractivity contribution < 1.29 is 19.4 Å². The number of nitrogens with zero attached hydrogens (tertiary/aromatic N) is 2. The van der Waals surface area contributed by atoms with E-state index in [0.29, 0.717) is 27.8 Å². The molecule has 0 saturated heterocycles. The summed E-state index contributed by atoms with van der Waals surface area (Å²) >= 11 is 6.14. The molecule has 1 heterocycles. The average Bonchev–Trinajstić information content (AvgIpc) is 2.75. The highest BCUT2D eigenvalue weighted by Crippen LogP contribution is 2.30. The van der Waals surface area contributed by atoms with Gasteiger partial charge in [0.2, 0.25) is 0 Å². The molecular weight excluding hydrogens is 408 g/mol. The van der Waals surface area contributed by atoms with Crippen molar-refractivity contribution in [3.05, 3.63) is 80.2 Å². The molecule has 0 aliphatic carbocycles. The number of aromatic hydroxyl groups is 1. The highest BCUT2D eigenvalue weighted by atomic mass is 35.5. The van der Waals surface area contributed by atoms with Crippen LogP contribution in [0.3, 0.4) is 0 Å². The zero-order valence-electron chi connectivity index (χ0n) is 16.4. The van der Waals surface area contributed by atoms with Crippen LogP contribution >= 0.6 is 11.6 Å². The molecule has 7 nitrogen and oxygen atoms in total. The largest absolute Gasteiger partial charge is 0.507 e. The lowest BCUT2D eigenvalue weighted by atomic mass is 10.0. The fraction of sp³-hybridized carbons (Fsp3) is 0.136. The van der Waals surface area contributed by atoms with Gasteiger partial charge in [-0.05, 0) is 42.8 Å². The van der Waals surface area contributed by atoms with Crippen molar-refractivity contribution in [3.8, 4) is 29.0 Å². The lowest BCUT2D eigenvalue weighted by Crippen LogP contribution is -2.23. The van der Waals surface area contributed by atoms with Crippen molar-refractivity contribution in [3.63, 3.8) is 0 Å². The van der Waals surface area contributed by atoms with Gasteiger partial charge in [0.25, 0.3) is 5.56 Å². The van der Waals surface area contributed by atoms with E-state index in [-0.39, 0.29) is 22.4 Å². The van der Waals surface area contributed by atoms with Gasteiger partial charge in [-0.1, -0.05) is 11.6 Å². The van der Waals surface area contributed by atoms with E-state index in [9.17, 15) is 20.0 Å². The Bertz CT molecular complexity index is 1260. The van der Waals surface area contributed by atoms with Gasteiger partial charge in [-0.15, -0.1) is 0 Å². The number of ketones is 1. The highest BCUT2D eigenvalue weighted by molar-refractivity contribution is 6.31. The van der Waals surface area contributed by atoms with Crippen LogP contribution < -0.4 is 15.0 Å². The number of phenols is 1. The number of halogens is 1. The monoisotopic (exact) mass is 424 g/mol. The second-order valence-corrected chi connectivity index (χ2v) is 6.82. The maximum absolute atomic E-state index is 13.1. The van der Waals surface area contributed by atoms with E-state index in [1.165, 1.54) is 44.7 Å². The maximum Gasteiger partial charge on any atom is 0.273 e. The minimum Gasteiger partial charge on any atom is -0.507 e. The van der Waals surface area contributed by atoms with Gasteiger partial charge in [-0.3, -0.25) is 14.2 Å². The number of aromatic nitrogens is 1. The molecule has 0 amide bonds. The van der Waals surface area contributed by atoms with Crippen LogP contribution in [-0.2, 0) is 0 Å².